The first-order chi connectivity index (χ1) is 13.0. The number of amides is 1. The molecule has 142 valence electrons. The van der Waals surface area contributed by atoms with Gasteiger partial charge < -0.3 is 9.64 Å². The number of carbonyl (C=O) groups excluding carboxylic acids is 1. The van der Waals surface area contributed by atoms with Crippen molar-refractivity contribution in [1.82, 2.24) is 4.98 Å². The topological polar surface area (TPSA) is 46.9 Å². The maximum Gasteiger partial charge on any atom is 0.260 e. The van der Waals surface area contributed by atoms with Crippen LogP contribution in [0.1, 0.15) is 17.3 Å². The number of nitrogens with zero attached hydrogens (tertiary/aromatic N) is 2. The number of aromatic nitrogens is 1. The van der Waals surface area contributed by atoms with Crippen molar-refractivity contribution in [3.05, 3.63) is 53.1 Å². The molecule has 0 fully saturated rings. The number of fused-ring (bicyclic) bond motifs is 1. The lowest BCUT2D eigenvalue weighted by molar-refractivity contribution is -0.856. The van der Waals surface area contributed by atoms with Crippen LogP contribution in [0.5, 0.6) is 5.75 Å². The molecule has 1 heterocycles. The maximum absolute atomic E-state index is 13.2. The molecule has 27 heavy (non-hydrogen) atoms. The summed E-state index contributed by atoms with van der Waals surface area (Å²) < 4.78 is 6.69. The minimum absolute atomic E-state index is 0.101. The molecule has 5 nitrogen and oxygen atoms in total. The number of para-hydroxylation sites is 1. The van der Waals surface area contributed by atoms with Gasteiger partial charge in [0, 0.05) is 10.6 Å². The number of carbonyl (C=O) groups is 1. The van der Waals surface area contributed by atoms with Crippen LogP contribution in [0.25, 0.3) is 10.2 Å². The van der Waals surface area contributed by atoms with Gasteiger partial charge >= 0.3 is 0 Å². The molecule has 7 heteroatoms. The number of hydrogen-bond donors (Lipinski definition) is 1. The highest BCUT2D eigenvalue weighted by molar-refractivity contribution is 7.22. The Balaban J connectivity index is 2.01. The summed E-state index contributed by atoms with van der Waals surface area (Å²) in [5, 5.41) is 1.21. The summed E-state index contributed by atoms with van der Waals surface area (Å²) in [5.74, 6) is 0.640. The van der Waals surface area contributed by atoms with E-state index in [0.29, 0.717) is 28.9 Å². The van der Waals surface area contributed by atoms with Crippen LogP contribution in [-0.4, -0.2) is 44.7 Å². The van der Waals surface area contributed by atoms with E-state index < -0.39 is 0 Å². The fraction of sp³-hybridized carbons (Fsp3) is 0.300. The first-order valence-electron chi connectivity index (χ1n) is 8.88. The highest BCUT2D eigenvalue weighted by Gasteiger charge is 2.23. The number of benzene rings is 2. The number of nitrogens with one attached hydrogen (secondary N) is 1. The summed E-state index contributed by atoms with van der Waals surface area (Å²) in [6.45, 7) is 3.89. The third kappa shape index (κ3) is 4.58. The van der Waals surface area contributed by atoms with Crippen molar-refractivity contribution in [2.24, 2.45) is 0 Å². The van der Waals surface area contributed by atoms with E-state index in [4.69, 9.17) is 21.3 Å². The van der Waals surface area contributed by atoms with Crippen molar-refractivity contribution in [3.63, 3.8) is 0 Å². The average Bonchev–Trinajstić information content (AvgIpc) is 3.06. The van der Waals surface area contributed by atoms with Gasteiger partial charge in [0.2, 0.25) is 0 Å². The summed E-state index contributed by atoms with van der Waals surface area (Å²) >= 11 is 7.58. The van der Waals surface area contributed by atoms with Crippen molar-refractivity contribution >= 4 is 44.2 Å². The molecule has 0 aliphatic heterocycles. The molecule has 1 aromatic heterocycles. The second kappa shape index (κ2) is 8.69. The summed E-state index contributed by atoms with van der Waals surface area (Å²) in [6, 6.07) is 12.9. The molecule has 0 aliphatic rings. The van der Waals surface area contributed by atoms with E-state index in [1.165, 1.54) is 16.2 Å². The summed E-state index contributed by atoms with van der Waals surface area (Å²) in [4.78, 5) is 20.9. The molecule has 0 bridgehead atoms. The molecule has 3 rings (SSSR count). The predicted molar refractivity (Wildman–Crippen MR) is 112 cm³/mol. The van der Waals surface area contributed by atoms with Crippen LogP contribution in [0, 0.1) is 0 Å². The average molecular weight is 405 g/mol. The molecule has 0 unspecified atom stereocenters. The van der Waals surface area contributed by atoms with Gasteiger partial charge in [0.15, 0.2) is 5.13 Å². The highest BCUT2D eigenvalue weighted by Crippen LogP contribution is 2.34. The molecule has 0 radical (unpaired) electrons. The molecule has 2 aromatic carbocycles. The second-order valence-electron chi connectivity index (χ2n) is 6.46. The number of thiazole rings is 1. The number of hydrogen-bond acceptors (Lipinski definition) is 4. The van der Waals surface area contributed by atoms with E-state index in [-0.39, 0.29) is 5.91 Å². The zero-order valence-corrected chi connectivity index (χ0v) is 17.2. The van der Waals surface area contributed by atoms with E-state index in [0.717, 1.165) is 22.5 Å². The quantitative estimate of drug-likeness (QED) is 0.658. The lowest BCUT2D eigenvalue weighted by Gasteiger charge is -2.20. The number of ether oxygens (including phenoxy) is 1. The number of halogens is 1. The van der Waals surface area contributed by atoms with Gasteiger partial charge in [-0.25, -0.2) is 4.98 Å². The van der Waals surface area contributed by atoms with Gasteiger partial charge in [-0.05, 0) is 37.3 Å². The number of rotatable bonds is 7. The molecule has 1 amide bonds. The third-order valence-electron chi connectivity index (χ3n) is 4.05. The SMILES string of the molecule is CCOc1cccc2sc(N(CC[NH+](C)C)C(=O)c3cccc(Cl)c3)nc12. The van der Waals surface area contributed by atoms with Crippen molar-refractivity contribution in [2.45, 2.75) is 6.92 Å². The van der Waals surface area contributed by atoms with Crippen LogP contribution >= 0.6 is 22.9 Å². The van der Waals surface area contributed by atoms with Gasteiger partial charge in [0.05, 0.1) is 38.5 Å². The van der Waals surface area contributed by atoms with Gasteiger partial charge in [0.25, 0.3) is 5.91 Å². The maximum atomic E-state index is 13.2. The monoisotopic (exact) mass is 404 g/mol. The predicted octanol–water partition coefficient (Wildman–Crippen LogP) is 3.14. The summed E-state index contributed by atoms with van der Waals surface area (Å²) in [6.07, 6.45) is 0. The van der Waals surface area contributed by atoms with Crippen LogP contribution in [0.15, 0.2) is 42.5 Å². The van der Waals surface area contributed by atoms with Crippen molar-refractivity contribution in [1.29, 1.82) is 0 Å². The summed E-state index contributed by atoms with van der Waals surface area (Å²) in [5.41, 5.74) is 1.35. The van der Waals surface area contributed by atoms with E-state index in [2.05, 4.69) is 14.1 Å². The minimum Gasteiger partial charge on any atom is -0.492 e. The Morgan fingerprint density at radius 1 is 1.26 bits per heavy atom. The number of likely N-dealkylation sites (N-methyl/N-ethyl adjacent to an activating group) is 1. The summed E-state index contributed by atoms with van der Waals surface area (Å²) in [7, 11) is 4.13. The fourth-order valence-corrected chi connectivity index (χ4v) is 3.89. The Morgan fingerprint density at radius 3 is 2.74 bits per heavy atom. The lowest BCUT2D eigenvalue weighted by atomic mass is 10.2. The zero-order valence-electron chi connectivity index (χ0n) is 15.7. The van der Waals surface area contributed by atoms with Gasteiger partial charge in [-0.3, -0.25) is 9.69 Å². The smallest absolute Gasteiger partial charge is 0.260 e. The Bertz CT molecular complexity index is 942. The van der Waals surface area contributed by atoms with Gasteiger partial charge in [-0.2, -0.15) is 0 Å². The van der Waals surface area contributed by atoms with Crippen LogP contribution in [0.2, 0.25) is 5.02 Å². The number of anilines is 1. The van der Waals surface area contributed by atoms with Crippen molar-refractivity contribution < 1.29 is 14.4 Å². The first-order valence-corrected chi connectivity index (χ1v) is 10.1. The highest BCUT2D eigenvalue weighted by atomic mass is 35.5. The minimum atomic E-state index is -0.101. The van der Waals surface area contributed by atoms with Gasteiger partial charge in [-0.1, -0.05) is 35.1 Å². The standard InChI is InChI=1S/C20H22ClN3O2S/c1-4-26-16-9-6-10-17-18(16)22-20(27-17)24(12-11-23(2)3)19(25)14-7-5-8-15(21)13-14/h5-10,13H,4,11-12H2,1-3H3/p+1. The Kier molecular flexibility index (Phi) is 6.31. The van der Waals surface area contributed by atoms with Crippen LogP contribution in [0.4, 0.5) is 5.13 Å². The van der Waals surface area contributed by atoms with E-state index in [9.17, 15) is 4.79 Å². The van der Waals surface area contributed by atoms with E-state index in [1.54, 1.807) is 29.2 Å². The van der Waals surface area contributed by atoms with Crippen molar-refractivity contribution in [3.8, 4) is 5.75 Å². The first kappa shape index (κ1) is 19.6. The molecule has 0 saturated heterocycles. The molecule has 0 spiro atoms. The van der Waals surface area contributed by atoms with Crippen LogP contribution in [0.3, 0.4) is 0 Å². The molecular weight excluding hydrogens is 382 g/mol. The molecule has 0 saturated carbocycles. The van der Waals surface area contributed by atoms with Crippen LogP contribution in [-0.2, 0) is 0 Å². The second-order valence-corrected chi connectivity index (χ2v) is 7.90. The fourth-order valence-electron chi connectivity index (χ4n) is 2.70. The van der Waals surface area contributed by atoms with Gasteiger partial charge in [-0.15, -0.1) is 0 Å². The zero-order chi connectivity index (χ0) is 19.4. The van der Waals surface area contributed by atoms with Crippen molar-refractivity contribution in [2.75, 3.05) is 38.7 Å². The molecule has 0 aliphatic carbocycles. The normalized spacial score (nSPS) is 11.1. The largest absolute Gasteiger partial charge is 0.492 e. The Morgan fingerprint density at radius 2 is 2.04 bits per heavy atom. The lowest BCUT2D eigenvalue weighted by Crippen LogP contribution is -3.06. The Labute approximate surface area is 168 Å². The van der Waals surface area contributed by atoms with Crippen LogP contribution < -0.4 is 14.5 Å². The Hall–Kier alpha value is -2.15. The molecule has 0 atom stereocenters. The van der Waals surface area contributed by atoms with Gasteiger partial charge in [0.1, 0.15) is 11.3 Å². The van der Waals surface area contributed by atoms with E-state index in [1.807, 2.05) is 25.1 Å². The van der Waals surface area contributed by atoms with E-state index >= 15 is 0 Å². The molecular formula is C20H23ClN3O2S+. The number of quaternary nitrogens is 1. The molecule has 3 aromatic rings. The molecule has 1 N–H and O–H groups in total. The third-order valence-corrected chi connectivity index (χ3v) is 5.33.